The Bertz CT molecular complexity index is 672. The highest BCUT2D eigenvalue weighted by Gasteiger charge is 2.11. The summed E-state index contributed by atoms with van der Waals surface area (Å²) in [6, 6.07) is 7.74. The van der Waals surface area contributed by atoms with E-state index in [1.807, 2.05) is 28.9 Å². The lowest BCUT2D eigenvalue weighted by molar-refractivity contribution is 0.445. The number of oxazole rings is 1. The molecule has 0 saturated heterocycles. The first-order valence-corrected chi connectivity index (χ1v) is 7.44. The molecule has 2 heterocycles. The molecule has 0 N–H and O–H groups in total. The van der Waals surface area contributed by atoms with E-state index in [-0.39, 0.29) is 0 Å². The quantitative estimate of drug-likeness (QED) is 0.673. The summed E-state index contributed by atoms with van der Waals surface area (Å²) < 4.78 is 7.49. The van der Waals surface area contributed by atoms with Crippen molar-refractivity contribution in [1.82, 2.24) is 25.2 Å². The first-order chi connectivity index (χ1) is 9.72. The molecule has 0 aliphatic rings. The van der Waals surface area contributed by atoms with E-state index >= 15 is 0 Å². The van der Waals surface area contributed by atoms with Crippen molar-refractivity contribution in [2.75, 3.05) is 0 Å². The highest BCUT2D eigenvalue weighted by Crippen LogP contribution is 2.23. The van der Waals surface area contributed by atoms with Gasteiger partial charge in [-0.2, -0.15) is 0 Å². The highest BCUT2D eigenvalue weighted by molar-refractivity contribution is 7.98. The summed E-state index contributed by atoms with van der Waals surface area (Å²) >= 11 is 1.53. The standard InChI is InChI=1S/C13H15N5OS/c1-9(2)7-18-13(15-16-17-18)20-8-12-14-10-5-3-4-6-11(10)19-12/h3-6,9H,7-8H2,1-2H3. The van der Waals surface area contributed by atoms with Crippen LogP contribution in [0.25, 0.3) is 11.1 Å². The van der Waals surface area contributed by atoms with Crippen LogP contribution in [0.5, 0.6) is 0 Å². The van der Waals surface area contributed by atoms with E-state index in [0.29, 0.717) is 17.6 Å². The van der Waals surface area contributed by atoms with Crippen molar-refractivity contribution in [2.45, 2.75) is 31.3 Å². The molecule has 0 spiro atoms. The van der Waals surface area contributed by atoms with E-state index in [9.17, 15) is 0 Å². The van der Waals surface area contributed by atoms with E-state index < -0.39 is 0 Å². The van der Waals surface area contributed by atoms with Gasteiger partial charge in [0.05, 0.1) is 5.75 Å². The average molecular weight is 289 g/mol. The largest absolute Gasteiger partial charge is 0.440 e. The molecule has 0 unspecified atom stereocenters. The Balaban J connectivity index is 1.71. The summed E-state index contributed by atoms with van der Waals surface area (Å²) in [5.74, 6) is 1.81. The number of nitrogens with zero attached hydrogens (tertiary/aromatic N) is 5. The van der Waals surface area contributed by atoms with Gasteiger partial charge in [-0.05, 0) is 28.5 Å². The van der Waals surface area contributed by atoms with Crippen molar-refractivity contribution < 1.29 is 4.42 Å². The van der Waals surface area contributed by atoms with Gasteiger partial charge in [-0.25, -0.2) is 9.67 Å². The minimum absolute atomic E-state index is 0.502. The summed E-state index contributed by atoms with van der Waals surface area (Å²) in [6.45, 7) is 5.08. The molecule has 0 radical (unpaired) electrons. The lowest BCUT2D eigenvalue weighted by atomic mass is 10.2. The topological polar surface area (TPSA) is 69.6 Å². The van der Waals surface area contributed by atoms with Gasteiger partial charge >= 0.3 is 0 Å². The molecule has 0 saturated carbocycles. The molecular formula is C13H15N5OS. The van der Waals surface area contributed by atoms with Gasteiger partial charge in [-0.15, -0.1) is 5.10 Å². The van der Waals surface area contributed by atoms with Crippen molar-refractivity contribution >= 4 is 22.9 Å². The lowest BCUT2D eigenvalue weighted by Crippen LogP contribution is -2.07. The summed E-state index contributed by atoms with van der Waals surface area (Å²) in [5.41, 5.74) is 1.69. The van der Waals surface area contributed by atoms with E-state index in [0.717, 1.165) is 22.8 Å². The van der Waals surface area contributed by atoms with Crippen molar-refractivity contribution in [3.63, 3.8) is 0 Å². The molecule has 0 aliphatic carbocycles. The molecule has 0 amide bonds. The van der Waals surface area contributed by atoms with Gasteiger partial charge in [0.25, 0.3) is 0 Å². The van der Waals surface area contributed by atoms with Gasteiger partial charge in [0.1, 0.15) is 5.52 Å². The lowest BCUT2D eigenvalue weighted by Gasteiger charge is -2.05. The summed E-state index contributed by atoms with van der Waals surface area (Å²) in [6.07, 6.45) is 0. The van der Waals surface area contributed by atoms with Crippen LogP contribution in [0.1, 0.15) is 19.7 Å². The van der Waals surface area contributed by atoms with Crippen LogP contribution in [-0.4, -0.2) is 25.2 Å². The van der Waals surface area contributed by atoms with Crippen molar-refractivity contribution in [2.24, 2.45) is 5.92 Å². The Kier molecular flexibility index (Phi) is 3.68. The molecule has 2 aromatic heterocycles. The molecule has 104 valence electrons. The van der Waals surface area contributed by atoms with E-state index in [1.54, 1.807) is 0 Å². The Morgan fingerprint density at radius 2 is 2.15 bits per heavy atom. The molecule has 6 nitrogen and oxygen atoms in total. The zero-order chi connectivity index (χ0) is 13.9. The number of rotatable bonds is 5. The maximum Gasteiger partial charge on any atom is 0.209 e. The van der Waals surface area contributed by atoms with E-state index in [1.165, 1.54) is 11.8 Å². The van der Waals surface area contributed by atoms with Crippen LogP contribution < -0.4 is 0 Å². The van der Waals surface area contributed by atoms with Gasteiger partial charge in [-0.3, -0.25) is 0 Å². The normalized spacial score (nSPS) is 11.6. The molecule has 0 bridgehead atoms. The second-order valence-electron chi connectivity index (χ2n) is 4.90. The van der Waals surface area contributed by atoms with Gasteiger partial charge in [-0.1, -0.05) is 37.7 Å². The fraction of sp³-hybridized carbons (Fsp3) is 0.385. The van der Waals surface area contributed by atoms with Crippen LogP contribution in [0.15, 0.2) is 33.8 Å². The molecule has 3 rings (SSSR count). The Labute approximate surface area is 120 Å². The maximum atomic E-state index is 5.68. The minimum atomic E-state index is 0.502. The van der Waals surface area contributed by atoms with Crippen LogP contribution >= 0.6 is 11.8 Å². The molecule has 20 heavy (non-hydrogen) atoms. The van der Waals surface area contributed by atoms with Crippen LogP contribution in [0.2, 0.25) is 0 Å². The summed E-state index contributed by atoms with van der Waals surface area (Å²) in [5, 5.41) is 12.5. The second kappa shape index (κ2) is 5.62. The smallest absolute Gasteiger partial charge is 0.209 e. The van der Waals surface area contributed by atoms with Crippen LogP contribution in [-0.2, 0) is 12.3 Å². The Morgan fingerprint density at radius 1 is 1.30 bits per heavy atom. The number of tetrazole rings is 1. The number of hydrogen-bond donors (Lipinski definition) is 0. The molecule has 0 aliphatic heterocycles. The molecule has 0 fully saturated rings. The molecule has 7 heteroatoms. The van der Waals surface area contributed by atoms with E-state index in [4.69, 9.17) is 4.42 Å². The molecule has 1 aromatic carbocycles. The van der Waals surface area contributed by atoms with Gasteiger partial charge in [0, 0.05) is 6.54 Å². The highest BCUT2D eigenvalue weighted by atomic mass is 32.2. The predicted molar refractivity (Wildman–Crippen MR) is 76.2 cm³/mol. The maximum absolute atomic E-state index is 5.68. The Hall–Kier alpha value is -1.89. The number of hydrogen-bond acceptors (Lipinski definition) is 6. The van der Waals surface area contributed by atoms with Crippen LogP contribution in [0, 0.1) is 5.92 Å². The minimum Gasteiger partial charge on any atom is -0.440 e. The van der Waals surface area contributed by atoms with Crippen molar-refractivity contribution in [1.29, 1.82) is 0 Å². The SMILES string of the molecule is CC(C)Cn1nnnc1SCc1nc2ccccc2o1. The third kappa shape index (κ3) is 2.82. The van der Waals surface area contributed by atoms with Gasteiger partial charge in [0.2, 0.25) is 11.0 Å². The zero-order valence-corrected chi connectivity index (χ0v) is 12.2. The van der Waals surface area contributed by atoms with Gasteiger partial charge in [0.15, 0.2) is 5.58 Å². The second-order valence-corrected chi connectivity index (χ2v) is 5.84. The van der Waals surface area contributed by atoms with Crippen molar-refractivity contribution in [3.05, 3.63) is 30.2 Å². The Morgan fingerprint density at radius 3 is 2.95 bits per heavy atom. The zero-order valence-electron chi connectivity index (χ0n) is 11.4. The first kappa shape index (κ1) is 13.1. The van der Waals surface area contributed by atoms with E-state index in [2.05, 4.69) is 34.4 Å². The van der Waals surface area contributed by atoms with Crippen molar-refractivity contribution in [3.8, 4) is 0 Å². The average Bonchev–Trinajstić information content (AvgIpc) is 3.01. The number of thioether (sulfide) groups is 1. The summed E-state index contributed by atoms with van der Waals surface area (Å²) in [7, 11) is 0. The van der Waals surface area contributed by atoms with Gasteiger partial charge < -0.3 is 4.42 Å². The third-order valence-electron chi connectivity index (χ3n) is 2.70. The molecule has 0 atom stereocenters. The number of para-hydroxylation sites is 2. The monoisotopic (exact) mass is 289 g/mol. The fourth-order valence-electron chi connectivity index (χ4n) is 1.87. The van der Waals surface area contributed by atoms with Crippen LogP contribution in [0.4, 0.5) is 0 Å². The number of fused-ring (bicyclic) bond motifs is 1. The fourth-order valence-corrected chi connectivity index (χ4v) is 2.60. The molecule has 3 aromatic rings. The first-order valence-electron chi connectivity index (χ1n) is 6.46. The third-order valence-corrected chi connectivity index (χ3v) is 3.64. The number of aromatic nitrogens is 5. The number of benzene rings is 1. The van der Waals surface area contributed by atoms with Crippen LogP contribution in [0.3, 0.4) is 0 Å². The molecular weight excluding hydrogens is 274 g/mol. The predicted octanol–water partition coefficient (Wildman–Crippen LogP) is 2.76. The summed E-state index contributed by atoms with van der Waals surface area (Å²) in [4.78, 5) is 4.44.